The predicted octanol–water partition coefficient (Wildman–Crippen LogP) is 4.74. The molecule has 0 saturated carbocycles. The summed E-state index contributed by atoms with van der Waals surface area (Å²) in [5, 5.41) is 4.41. The molecule has 0 atom stereocenters. The van der Waals surface area contributed by atoms with E-state index in [0.29, 0.717) is 17.3 Å². The van der Waals surface area contributed by atoms with Crippen LogP contribution in [0, 0.1) is 45.5 Å². The molecule has 0 amide bonds. The molecule has 0 bridgehead atoms. The van der Waals surface area contributed by atoms with E-state index >= 15 is 0 Å². The van der Waals surface area contributed by atoms with Crippen LogP contribution in [0.4, 0.5) is 5.82 Å². The first-order valence-electron chi connectivity index (χ1n) is 7.67. The number of pyridine rings is 3. The number of rotatable bonds is 4. The quantitative estimate of drug-likeness (QED) is 0.269. The van der Waals surface area contributed by atoms with Crippen LogP contribution in [0.1, 0.15) is 29.4 Å². The van der Waals surface area contributed by atoms with Crippen molar-refractivity contribution in [3.05, 3.63) is 54.4 Å². The molecule has 134 valence electrons. The Labute approximate surface area is 182 Å². The van der Waals surface area contributed by atoms with Gasteiger partial charge in [-0.3, -0.25) is 9.78 Å². The fraction of sp³-hybridized carbons (Fsp3) is 0.211. The number of hydrogen-bond acceptors (Lipinski definition) is 5. The van der Waals surface area contributed by atoms with Gasteiger partial charge in [-0.05, 0) is 24.6 Å². The minimum Gasteiger partial charge on any atom is -0.373 e. The van der Waals surface area contributed by atoms with Gasteiger partial charge in [-0.25, -0.2) is 9.97 Å². The molecule has 0 spiro atoms. The topological polar surface area (TPSA) is 67.8 Å². The minimum absolute atomic E-state index is 0. The van der Waals surface area contributed by atoms with Gasteiger partial charge in [0.15, 0.2) is 5.78 Å². The standard InChI is InChI=1S/C18H17ClN4O.CH3.U/c1-4-16(24)15-5-10(2)13(9-21-15)12-6-11-8-22-17(19)7-14(11)23-18(12)20-3;;/h5-9H,4H2,1-3H3,(H,20,23);1H3;/q;-1;. The van der Waals surface area contributed by atoms with Crippen molar-refractivity contribution in [3.8, 4) is 11.1 Å². The monoisotopic (exact) mass is 593 g/mol. The Morgan fingerprint density at radius 2 is 1.88 bits per heavy atom. The molecule has 0 fully saturated rings. The van der Waals surface area contributed by atoms with Crippen molar-refractivity contribution in [2.45, 2.75) is 20.3 Å². The first kappa shape index (κ1) is 22.6. The molecule has 3 rings (SSSR count). The number of Topliss-reactive ketones (excluding diaryl/α,β-unsaturated/α-hetero) is 1. The van der Waals surface area contributed by atoms with Crippen LogP contribution in [-0.4, -0.2) is 27.8 Å². The SMILES string of the molecule is CCC(=O)c1cc(C)c(-c2cc3cnc(Cl)cc3nc2NC)cn1.[CH3-].[U]. The maximum atomic E-state index is 11.8. The Bertz CT molecular complexity index is 946. The molecule has 0 aliphatic heterocycles. The van der Waals surface area contributed by atoms with E-state index in [4.69, 9.17) is 11.6 Å². The van der Waals surface area contributed by atoms with Gasteiger partial charge in [0.2, 0.25) is 0 Å². The van der Waals surface area contributed by atoms with Gasteiger partial charge in [-0.15, -0.1) is 0 Å². The van der Waals surface area contributed by atoms with Gasteiger partial charge in [-0.1, -0.05) is 18.5 Å². The third-order valence-corrected chi connectivity index (χ3v) is 4.12. The first-order chi connectivity index (χ1) is 11.5. The average molecular weight is 594 g/mol. The van der Waals surface area contributed by atoms with E-state index in [1.807, 2.05) is 33.0 Å². The van der Waals surface area contributed by atoms with Crippen molar-refractivity contribution in [1.82, 2.24) is 15.0 Å². The molecule has 3 heterocycles. The van der Waals surface area contributed by atoms with Crippen LogP contribution in [0.2, 0.25) is 5.15 Å². The summed E-state index contributed by atoms with van der Waals surface area (Å²) in [6, 6.07) is 5.56. The summed E-state index contributed by atoms with van der Waals surface area (Å²) in [7, 11) is 1.82. The van der Waals surface area contributed by atoms with E-state index in [1.54, 1.807) is 18.5 Å². The van der Waals surface area contributed by atoms with Crippen molar-refractivity contribution < 1.29 is 35.9 Å². The van der Waals surface area contributed by atoms with Crippen LogP contribution < -0.4 is 5.32 Å². The number of nitrogens with one attached hydrogen (secondary N) is 1. The maximum Gasteiger partial charge on any atom is 0.180 e. The molecule has 0 unspecified atom stereocenters. The number of fused-ring (bicyclic) bond motifs is 1. The van der Waals surface area contributed by atoms with Crippen molar-refractivity contribution in [2.75, 3.05) is 12.4 Å². The van der Waals surface area contributed by atoms with Gasteiger partial charge in [0.1, 0.15) is 16.7 Å². The molecule has 0 aromatic carbocycles. The zero-order valence-electron chi connectivity index (χ0n) is 15.2. The summed E-state index contributed by atoms with van der Waals surface area (Å²) < 4.78 is 0. The molecule has 0 aliphatic carbocycles. The molecule has 3 aromatic rings. The van der Waals surface area contributed by atoms with Crippen molar-refractivity contribution in [2.24, 2.45) is 0 Å². The second-order valence-electron chi connectivity index (χ2n) is 5.50. The van der Waals surface area contributed by atoms with Crippen molar-refractivity contribution in [3.63, 3.8) is 0 Å². The summed E-state index contributed by atoms with van der Waals surface area (Å²) in [6.07, 6.45) is 3.87. The first-order valence-corrected chi connectivity index (χ1v) is 8.05. The number of aryl methyl sites for hydroxylation is 1. The number of halogens is 1. The molecule has 1 N–H and O–H groups in total. The van der Waals surface area contributed by atoms with E-state index in [1.165, 1.54) is 0 Å². The summed E-state index contributed by atoms with van der Waals surface area (Å²) >= 11 is 5.94. The molecule has 5 nitrogen and oxygen atoms in total. The molecule has 0 radical (unpaired) electrons. The van der Waals surface area contributed by atoms with E-state index in [9.17, 15) is 4.79 Å². The Morgan fingerprint density at radius 1 is 1.15 bits per heavy atom. The summed E-state index contributed by atoms with van der Waals surface area (Å²) in [5.74, 6) is 0.762. The van der Waals surface area contributed by atoms with Crippen LogP contribution in [0.3, 0.4) is 0 Å². The van der Waals surface area contributed by atoms with Gasteiger partial charge >= 0.3 is 0 Å². The number of nitrogens with zero attached hydrogens (tertiary/aromatic N) is 3. The minimum atomic E-state index is 0. The van der Waals surface area contributed by atoms with E-state index in [-0.39, 0.29) is 44.3 Å². The van der Waals surface area contributed by atoms with Crippen LogP contribution in [0.25, 0.3) is 22.0 Å². The summed E-state index contributed by atoms with van der Waals surface area (Å²) in [5.41, 5.74) is 4.07. The van der Waals surface area contributed by atoms with E-state index in [0.717, 1.165) is 33.4 Å². The number of aromatic nitrogens is 3. The smallest absolute Gasteiger partial charge is 0.180 e. The van der Waals surface area contributed by atoms with Crippen LogP contribution >= 0.6 is 11.6 Å². The predicted molar refractivity (Wildman–Crippen MR) is 103 cm³/mol. The van der Waals surface area contributed by atoms with Crippen LogP contribution in [-0.2, 0) is 0 Å². The number of carbonyl (C=O) groups is 1. The molecule has 0 aliphatic rings. The third kappa shape index (κ3) is 4.43. The molecular weight excluding hydrogens is 574 g/mol. The number of ketones is 1. The van der Waals surface area contributed by atoms with Crippen LogP contribution in [0.5, 0.6) is 0 Å². The Morgan fingerprint density at radius 3 is 2.50 bits per heavy atom. The molecular formula is C19H20ClN4OU-. The fourth-order valence-corrected chi connectivity index (χ4v) is 2.76. The van der Waals surface area contributed by atoms with Gasteiger partial charge < -0.3 is 12.7 Å². The van der Waals surface area contributed by atoms with E-state index in [2.05, 4.69) is 20.3 Å². The number of carbonyl (C=O) groups excluding carboxylic acids is 1. The van der Waals surface area contributed by atoms with Gasteiger partial charge in [0.05, 0.1) is 5.52 Å². The summed E-state index contributed by atoms with van der Waals surface area (Å²) in [6.45, 7) is 3.80. The molecule has 26 heavy (non-hydrogen) atoms. The molecule has 3 aromatic heterocycles. The maximum absolute atomic E-state index is 11.8. The Hall–Kier alpha value is -1.48. The van der Waals surface area contributed by atoms with Crippen molar-refractivity contribution >= 4 is 34.1 Å². The second-order valence-corrected chi connectivity index (χ2v) is 5.88. The van der Waals surface area contributed by atoms with Gasteiger partial charge in [0, 0.05) is 79.6 Å². The molecule has 7 heteroatoms. The molecule has 0 saturated heterocycles. The summed E-state index contributed by atoms with van der Waals surface area (Å²) in [4.78, 5) is 24.9. The number of hydrogen-bond donors (Lipinski definition) is 1. The normalized spacial score (nSPS) is 10.0. The van der Waals surface area contributed by atoms with Gasteiger partial charge in [0.25, 0.3) is 0 Å². The van der Waals surface area contributed by atoms with E-state index < -0.39 is 0 Å². The van der Waals surface area contributed by atoms with Crippen LogP contribution in [0.15, 0.2) is 30.6 Å². The zero-order valence-corrected chi connectivity index (χ0v) is 20.1. The fourth-order valence-electron chi connectivity index (χ4n) is 2.61. The average Bonchev–Trinajstić information content (AvgIpc) is 2.59. The number of anilines is 1. The van der Waals surface area contributed by atoms with Gasteiger partial charge in [-0.2, -0.15) is 0 Å². The Balaban J connectivity index is 0.00000169. The zero-order chi connectivity index (χ0) is 17.3. The Kier molecular flexibility index (Phi) is 8.21. The van der Waals surface area contributed by atoms with Crippen molar-refractivity contribution in [1.29, 1.82) is 0 Å². The largest absolute Gasteiger partial charge is 0.373 e. The second kappa shape index (κ2) is 9.46. The third-order valence-electron chi connectivity index (χ3n) is 3.91.